The van der Waals surface area contributed by atoms with Gasteiger partial charge in [0, 0.05) is 34.8 Å². The number of amides is 2. The van der Waals surface area contributed by atoms with Gasteiger partial charge in [0.25, 0.3) is 0 Å². The Morgan fingerprint density at radius 1 is 0.622 bits per heavy atom. The highest BCUT2D eigenvalue weighted by atomic mass is 16.5. The zero-order valence-electron chi connectivity index (χ0n) is 20.3. The molecule has 6 heteroatoms. The molecule has 2 aliphatic heterocycles. The van der Waals surface area contributed by atoms with Gasteiger partial charge in [-0.2, -0.15) is 0 Å². The Bertz CT molecular complexity index is 1410. The van der Waals surface area contributed by atoms with Crippen LogP contribution in [0.15, 0.2) is 97.1 Å². The molecule has 0 saturated heterocycles. The van der Waals surface area contributed by atoms with Gasteiger partial charge in [-0.05, 0) is 31.2 Å². The minimum absolute atomic E-state index is 0.133. The topological polar surface area (TPSA) is 76.7 Å². The fourth-order valence-corrected chi connectivity index (χ4v) is 5.12. The van der Waals surface area contributed by atoms with Crippen LogP contribution in [0.4, 0.5) is 0 Å². The molecule has 6 nitrogen and oxygen atoms in total. The van der Waals surface area contributed by atoms with E-state index in [1.54, 1.807) is 0 Å². The van der Waals surface area contributed by atoms with E-state index in [4.69, 9.17) is 9.47 Å². The SMILES string of the molecule is C[C@@H](CNC(=O)C1c2ccccc2Oc2ccccc21)NC(=O)C1c2ccccc2Oc2ccccc21. The molecule has 184 valence electrons. The van der Waals surface area contributed by atoms with Gasteiger partial charge >= 0.3 is 0 Å². The largest absolute Gasteiger partial charge is 0.457 e. The van der Waals surface area contributed by atoms with Crippen molar-refractivity contribution in [1.29, 1.82) is 0 Å². The Kier molecular flexibility index (Phi) is 5.85. The van der Waals surface area contributed by atoms with Gasteiger partial charge in [0.05, 0.1) is 11.8 Å². The van der Waals surface area contributed by atoms with E-state index in [-0.39, 0.29) is 17.9 Å². The molecule has 2 aliphatic rings. The van der Waals surface area contributed by atoms with Crippen molar-refractivity contribution in [2.75, 3.05) is 6.54 Å². The van der Waals surface area contributed by atoms with Crippen molar-refractivity contribution in [3.8, 4) is 23.0 Å². The summed E-state index contributed by atoms with van der Waals surface area (Å²) in [4.78, 5) is 27.0. The molecule has 0 radical (unpaired) electrons. The first-order chi connectivity index (χ1) is 18.1. The minimum Gasteiger partial charge on any atom is -0.457 e. The van der Waals surface area contributed by atoms with Crippen molar-refractivity contribution >= 4 is 11.8 Å². The molecule has 4 aromatic rings. The number of carbonyl (C=O) groups is 2. The van der Waals surface area contributed by atoms with E-state index >= 15 is 0 Å². The predicted molar refractivity (Wildman–Crippen MR) is 140 cm³/mol. The lowest BCUT2D eigenvalue weighted by Gasteiger charge is -2.29. The summed E-state index contributed by atoms with van der Waals surface area (Å²) in [6, 6.07) is 30.1. The summed E-state index contributed by atoms with van der Waals surface area (Å²) in [6.07, 6.45) is 0. The third-order valence-electron chi connectivity index (χ3n) is 6.86. The number of nitrogens with one attached hydrogen (secondary N) is 2. The van der Waals surface area contributed by atoms with Crippen LogP contribution in [-0.4, -0.2) is 24.4 Å². The maximum Gasteiger partial charge on any atom is 0.232 e. The molecule has 2 N–H and O–H groups in total. The highest BCUT2D eigenvalue weighted by Crippen LogP contribution is 2.45. The third kappa shape index (κ3) is 4.20. The first-order valence-electron chi connectivity index (χ1n) is 12.4. The molecule has 0 aromatic heterocycles. The van der Waals surface area contributed by atoms with E-state index in [1.165, 1.54) is 0 Å². The van der Waals surface area contributed by atoms with E-state index in [2.05, 4.69) is 10.6 Å². The van der Waals surface area contributed by atoms with Gasteiger partial charge in [-0.1, -0.05) is 72.8 Å². The van der Waals surface area contributed by atoms with Crippen molar-refractivity contribution in [3.63, 3.8) is 0 Å². The van der Waals surface area contributed by atoms with E-state index in [0.717, 1.165) is 22.3 Å². The molecule has 0 fully saturated rings. The normalized spacial score (nSPS) is 14.5. The van der Waals surface area contributed by atoms with Crippen LogP contribution in [0.5, 0.6) is 23.0 Å². The van der Waals surface area contributed by atoms with Crippen LogP contribution in [-0.2, 0) is 9.59 Å². The second-order valence-corrected chi connectivity index (χ2v) is 9.38. The van der Waals surface area contributed by atoms with Crippen LogP contribution >= 0.6 is 0 Å². The third-order valence-corrected chi connectivity index (χ3v) is 6.86. The van der Waals surface area contributed by atoms with E-state index in [0.29, 0.717) is 29.5 Å². The molecule has 37 heavy (non-hydrogen) atoms. The molecule has 2 amide bonds. The molecule has 4 aromatic carbocycles. The molecule has 0 bridgehead atoms. The van der Waals surface area contributed by atoms with Crippen LogP contribution in [0.1, 0.15) is 41.0 Å². The number of para-hydroxylation sites is 4. The van der Waals surface area contributed by atoms with E-state index in [1.807, 2.05) is 104 Å². The van der Waals surface area contributed by atoms with Gasteiger partial charge in [-0.25, -0.2) is 0 Å². The van der Waals surface area contributed by atoms with Crippen molar-refractivity contribution in [2.24, 2.45) is 0 Å². The lowest BCUT2D eigenvalue weighted by Crippen LogP contribution is -2.45. The summed E-state index contributed by atoms with van der Waals surface area (Å²) in [5.74, 6) is 1.47. The smallest absolute Gasteiger partial charge is 0.232 e. The fraction of sp³-hybridized carbons (Fsp3) is 0.161. The fourth-order valence-electron chi connectivity index (χ4n) is 5.12. The molecular formula is C31H26N2O4. The van der Waals surface area contributed by atoms with Crippen molar-refractivity contribution in [3.05, 3.63) is 119 Å². The second kappa shape index (κ2) is 9.47. The van der Waals surface area contributed by atoms with Crippen molar-refractivity contribution in [2.45, 2.75) is 24.8 Å². The maximum absolute atomic E-state index is 13.5. The molecule has 0 unspecified atom stereocenters. The predicted octanol–water partition coefficient (Wildman–Crippen LogP) is 5.48. The molecule has 6 rings (SSSR count). The summed E-state index contributed by atoms with van der Waals surface area (Å²) < 4.78 is 12.0. The monoisotopic (exact) mass is 490 g/mol. The molecule has 1 atom stereocenters. The van der Waals surface area contributed by atoms with Gasteiger partial charge in [0.15, 0.2) is 0 Å². The molecule has 0 spiro atoms. The number of benzene rings is 4. The van der Waals surface area contributed by atoms with E-state index < -0.39 is 11.8 Å². The zero-order valence-corrected chi connectivity index (χ0v) is 20.3. The van der Waals surface area contributed by atoms with Gasteiger partial charge in [0.1, 0.15) is 23.0 Å². The van der Waals surface area contributed by atoms with Gasteiger partial charge in [0.2, 0.25) is 11.8 Å². The lowest BCUT2D eigenvalue weighted by molar-refractivity contribution is -0.124. The van der Waals surface area contributed by atoms with Crippen molar-refractivity contribution < 1.29 is 19.1 Å². The number of hydrogen-bond acceptors (Lipinski definition) is 4. The first kappa shape index (κ1) is 22.9. The number of ether oxygens (including phenoxy) is 2. The summed E-state index contributed by atoms with van der Waals surface area (Å²) in [5, 5.41) is 6.14. The summed E-state index contributed by atoms with van der Waals surface area (Å²) in [5.41, 5.74) is 3.30. The Balaban J connectivity index is 1.18. The van der Waals surface area contributed by atoms with Gasteiger partial charge in [-0.3, -0.25) is 9.59 Å². The highest BCUT2D eigenvalue weighted by molar-refractivity contribution is 5.91. The Morgan fingerprint density at radius 3 is 1.38 bits per heavy atom. The van der Waals surface area contributed by atoms with Crippen molar-refractivity contribution in [1.82, 2.24) is 10.6 Å². The summed E-state index contributed by atoms with van der Waals surface area (Å²) in [7, 11) is 0. The Morgan fingerprint density at radius 2 is 0.973 bits per heavy atom. The second-order valence-electron chi connectivity index (χ2n) is 9.38. The number of fused-ring (bicyclic) bond motifs is 4. The van der Waals surface area contributed by atoms with E-state index in [9.17, 15) is 9.59 Å². The zero-order chi connectivity index (χ0) is 25.4. The highest BCUT2D eigenvalue weighted by Gasteiger charge is 2.34. The summed E-state index contributed by atoms with van der Waals surface area (Å²) in [6.45, 7) is 2.18. The standard InChI is InChI=1S/C31H26N2O4/c1-19(33-31(35)29-22-12-4-8-16-26(22)37-27-17-9-5-13-23(27)29)18-32-30(34)28-20-10-2-6-14-24(20)36-25-15-7-3-11-21(25)28/h2-17,19,28-29H,18H2,1H3,(H,32,34)(H,33,35)/t19-/m0/s1. The quantitative estimate of drug-likeness (QED) is 0.388. The van der Waals surface area contributed by atoms with Gasteiger partial charge in [-0.15, -0.1) is 0 Å². The molecule has 0 saturated carbocycles. The number of carbonyl (C=O) groups excluding carboxylic acids is 2. The average Bonchev–Trinajstić information content (AvgIpc) is 2.93. The summed E-state index contributed by atoms with van der Waals surface area (Å²) >= 11 is 0. The first-order valence-corrected chi connectivity index (χ1v) is 12.4. The lowest BCUT2D eigenvalue weighted by atomic mass is 9.87. The van der Waals surface area contributed by atoms with Crippen LogP contribution in [0.3, 0.4) is 0 Å². The minimum atomic E-state index is -0.492. The van der Waals surface area contributed by atoms with Crippen LogP contribution in [0, 0.1) is 0 Å². The Labute approximate surface area is 215 Å². The Hall–Kier alpha value is -4.58. The molecule has 0 aliphatic carbocycles. The number of rotatable bonds is 5. The molecule has 2 heterocycles. The average molecular weight is 491 g/mol. The number of hydrogen-bond donors (Lipinski definition) is 2. The van der Waals surface area contributed by atoms with Crippen LogP contribution in [0.25, 0.3) is 0 Å². The van der Waals surface area contributed by atoms with Crippen LogP contribution in [0.2, 0.25) is 0 Å². The van der Waals surface area contributed by atoms with Gasteiger partial charge < -0.3 is 20.1 Å². The molecular weight excluding hydrogens is 464 g/mol. The maximum atomic E-state index is 13.5. The van der Waals surface area contributed by atoms with Crippen LogP contribution < -0.4 is 20.1 Å².